The zero-order valence-corrected chi connectivity index (χ0v) is 10.1. The Morgan fingerprint density at radius 2 is 2.07 bits per heavy atom. The summed E-state index contributed by atoms with van der Waals surface area (Å²) in [5.41, 5.74) is 5.42. The standard InChI is InChI=1S/C11H26N2O/c1-5-10(2)8-13(4)7-6-11(3,12)9-14/h10,14H,5-9,12H2,1-4H3. The maximum atomic E-state index is 8.99. The van der Waals surface area contributed by atoms with Gasteiger partial charge in [0.25, 0.3) is 0 Å². The van der Waals surface area contributed by atoms with Crippen molar-refractivity contribution in [2.45, 2.75) is 39.2 Å². The van der Waals surface area contributed by atoms with Gasteiger partial charge in [-0.1, -0.05) is 20.3 Å². The van der Waals surface area contributed by atoms with E-state index < -0.39 is 5.54 Å². The maximum Gasteiger partial charge on any atom is 0.0608 e. The van der Waals surface area contributed by atoms with Gasteiger partial charge in [-0.05, 0) is 32.9 Å². The number of aliphatic hydroxyl groups excluding tert-OH is 1. The number of hydrogen-bond donors (Lipinski definition) is 2. The second-order valence-electron chi connectivity index (χ2n) is 4.84. The van der Waals surface area contributed by atoms with E-state index in [2.05, 4.69) is 25.8 Å². The first kappa shape index (κ1) is 13.9. The third-order valence-corrected chi connectivity index (χ3v) is 2.75. The lowest BCUT2D eigenvalue weighted by Crippen LogP contribution is -2.43. The first-order chi connectivity index (χ1) is 6.41. The minimum Gasteiger partial charge on any atom is -0.394 e. The molecule has 0 rings (SSSR count). The lowest BCUT2D eigenvalue weighted by atomic mass is 10.00. The lowest BCUT2D eigenvalue weighted by Gasteiger charge is -2.26. The van der Waals surface area contributed by atoms with E-state index in [4.69, 9.17) is 10.8 Å². The number of nitrogens with two attached hydrogens (primary N) is 1. The van der Waals surface area contributed by atoms with Crippen molar-refractivity contribution in [1.29, 1.82) is 0 Å². The molecule has 86 valence electrons. The van der Waals surface area contributed by atoms with Crippen molar-refractivity contribution in [3.8, 4) is 0 Å². The fraction of sp³-hybridized carbons (Fsp3) is 1.00. The SMILES string of the molecule is CCC(C)CN(C)CCC(C)(N)CO. The molecule has 0 amide bonds. The first-order valence-electron chi connectivity index (χ1n) is 5.49. The van der Waals surface area contributed by atoms with Crippen LogP contribution in [-0.2, 0) is 0 Å². The van der Waals surface area contributed by atoms with Crippen LogP contribution in [0.15, 0.2) is 0 Å². The third kappa shape index (κ3) is 6.35. The Morgan fingerprint density at radius 1 is 1.50 bits per heavy atom. The molecule has 0 aliphatic carbocycles. The van der Waals surface area contributed by atoms with Gasteiger partial charge in [-0.3, -0.25) is 0 Å². The maximum absolute atomic E-state index is 8.99. The fourth-order valence-electron chi connectivity index (χ4n) is 1.28. The molecule has 3 N–H and O–H groups in total. The quantitative estimate of drug-likeness (QED) is 0.649. The van der Waals surface area contributed by atoms with E-state index in [1.807, 2.05) is 6.92 Å². The molecule has 0 aliphatic rings. The van der Waals surface area contributed by atoms with E-state index in [0.717, 1.165) is 25.4 Å². The summed E-state index contributed by atoms with van der Waals surface area (Å²) in [5.74, 6) is 0.734. The molecular weight excluding hydrogens is 176 g/mol. The molecule has 0 spiro atoms. The average molecular weight is 202 g/mol. The van der Waals surface area contributed by atoms with Gasteiger partial charge in [0, 0.05) is 12.1 Å². The summed E-state index contributed by atoms with van der Waals surface area (Å²) in [5, 5.41) is 8.99. The molecule has 0 aliphatic heterocycles. The predicted octanol–water partition coefficient (Wildman–Crippen LogP) is 1.06. The van der Waals surface area contributed by atoms with Gasteiger partial charge in [-0.2, -0.15) is 0 Å². The third-order valence-electron chi connectivity index (χ3n) is 2.75. The fourth-order valence-corrected chi connectivity index (χ4v) is 1.28. The highest BCUT2D eigenvalue weighted by Gasteiger charge is 2.17. The van der Waals surface area contributed by atoms with Crippen molar-refractivity contribution in [1.82, 2.24) is 4.90 Å². The number of nitrogens with zero attached hydrogens (tertiary/aromatic N) is 1. The summed E-state index contributed by atoms with van der Waals surface area (Å²) in [6.45, 7) is 8.48. The minimum absolute atomic E-state index is 0.0597. The van der Waals surface area contributed by atoms with Crippen LogP contribution in [0.4, 0.5) is 0 Å². The molecule has 0 radical (unpaired) electrons. The van der Waals surface area contributed by atoms with Gasteiger partial charge >= 0.3 is 0 Å². The smallest absolute Gasteiger partial charge is 0.0608 e. The highest BCUT2D eigenvalue weighted by atomic mass is 16.3. The molecule has 0 aromatic heterocycles. The molecule has 0 aromatic carbocycles. The molecule has 0 heterocycles. The number of aliphatic hydroxyl groups is 1. The van der Waals surface area contributed by atoms with Crippen molar-refractivity contribution in [3.05, 3.63) is 0 Å². The molecule has 0 fully saturated rings. The molecule has 0 saturated carbocycles. The van der Waals surface area contributed by atoms with E-state index in [1.54, 1.807) is 0 Å². The molecular formula is C11H26N2O. The molecule has 3 nitrogen and oxygen atoms in total. The summed E-state index contributed by atoms with van der Waals surface area (Å²) in [6.07, 6.45) is 2.06. The van der Waals surface area contributed by atoms with Gasteiger partial charge in [-0.25, -0.2) is 0 Å². The van der Waals surface area contributed by atoms with Gasteiger partial charge in [0.05, 0.1) is 6.61 Å². The Hall–Kier alpha value is -0.120. The molecule has 2 unspecified atom stereocenters. The van der Waals surface area contributed by atoms with Gasteiger partial charge < -0.3 is 15.7 Å². The summed E-state index contributed by atoms with van der Waals surface area (Å²) >= 11 is 0. The molecule has 2 atom stereocenters. The van der Waals surface area contributed by atoms with Crippen molar-refractivity contribution in [2.24, 2.45) is 11.7 Å². The molecule has 3 heteroatoms. The summed E-state index contributed by atoms with van der Waals surface area (Å²) < 4.78 is 0. The Balaban J connectivity index is 3.68. The monoisotopic (exact) mass is 202 g/mol. The topological polar surface area (TPSA) is 49.5 Å². The molecule has 14 heavy (non-hydrogen) atoms. The Morgan fingerprint density at radius 3 is 2.50 bits per heavy atom. The molecule has 0 aromatic rings. The van der Waals surface area contributed by atoms with Crippen LogP contribution in [0.25, 0.3) is 0 Å². The minimum atomic E-state index is -0.427. The van der Waals surface area contributed by atoms with Crippen LogP contribution in [0, 0.1) is 5.92 Å². The Bertz CT molecular complexity index is 148. The molecule has 0 bridgehead atoms. The summed E-state index contributed by atoms with van der Waals surface area (Å²) in [7, 11) is 2.11. The van der Waals surface area contributed by atoms with Gasteiger partial charge in [0.15, 0.2) is 0 Å². The first-order valence-corrected chi connectivity index (χ1v) is 5.49. The van der Waals surface area contributed by atoms with E-state index >= 15 is 0 Å². The zero-order valence-electron chi connectivity index (χ0n) is 10.1. The van der Waals surface area contributed by atoms with Crippen molar-refractivity contribution in [3.63, 3.8) is 0 Å². The Kier molecular flexibility index (Phi) is 6.33. The van der Waals surface area contributed by atoms with Crippen molar-refractivity contribution in [2.75, 3.05) is 26.7 Å². The largest absolute Gasteiger partial charge is 0.394 e. The van der Waals surface area contributed by atoms with Gasteiger partial charge in [0.1, 0.15) is 0 Å². The van der Waals surface area contributed by atoms with Gasteiger partial charge in [-0.15, -0.1) is 0 Å². The van der Waals surface area contributed by atoms with E-state index in [1.165, 1.54) is 6.42 Å². The van der Waals surface area contributed by atoms with Crippen molar-refractivity contribution >= 4 is 0 Å². The Labute approximate surface area is 88.3 Å². The summed E-state index contributed by atoms with van der Waals surface area (Å²) in [4.78, 5) is 2.29. The van der Waals surface area contributed by atoms with E-state index in [-0.39, 0.29) is 6.61 Å². The lowest BCUT2D eigenvalue weighted by molar-refractivity contribution is 0.178. The van der Waals surface area contributed by atoms with Crippen LogP contribution in [0.2, 0.25) is 0 Å². The van der Waals surface area contributed by atoms with Crippen LogP contribution >= 0.6 is 0 Å². The highest BCUT2D eigenvalue weighted by molar-refractivity contribution is 4.78. The van der Waals surface area contributed by atoms with E-state index in [0.29, 0.717) is 0 Å². The second-order valence-corrected chi connectivity index (χ2v) is 4.84. The van der Waals surface area contributed by atoms with Crippen LogP contribution in [0.3, 0.4) is 0 Å². The highest BCUT2D eigenvalue weighted by Crippen LogP contribution is 2.07. The van der Waals surface area contributed by atoms with Crippen LogP contribution in [0.5, 0.6) is 0 Å². The van der Waals surface area contributed by atoms with Crippen molar-refractivity contribution < 1.29 is 5.11 Å². The zero-order chi connectivity index (χ0) is 11.2. The summed E-state index contributed by atoms with van der Waals surface area (Å²) in [6, 6.07) is 0. The number of hydrogen-bond acceptors (Lipinski definition) is 3. The normalized spacial score (nSPS) is 18.2. The van der Waals surface area contributed by atoms with Crippen LogP contribution in [-0.4, -0.2) is 42.3 Å². The van der Waals surface area contributed by atoms with E-state index in [9.17, 15) is 0 Å². The van der Waals surface area contributed by atoms with Crippen LogP contribution in [0.1, 0.15) is 33.6 Å². The average Bonchev–Trinajstić information content (AvgIpc) is 2.15. The second kappa shape index (κ2) is 6.38. The molecule has 0 saturated heterocycles. The predicted molar refractivity (Wildman–Crippen MR) is 61.2 cm³/mol. The number of rotatable bonds is 7. The van der Waals surface area contributed by atoms with Gasteiger partial charge in [0.2, 0.25) is 0 Å². The van der Waals surface area contributed by atoms with Crippen LogP contribution < -0.4 is 5.73 Å².